The van der Waals surface area contributed by atoms with Gasteiger partial charge in [-0.3, -0.25) is 0 Å². The molecule has 1 unspecified atom stereocenters. The first-order chi connectivity index (χ1) is 6.70. The van der Waals surface area contributed by atoms with Crippen LogP contribution in [0.1, 0.15) is 24.1 Å². The van der Waals surface area contributed by atoms with E-state index in [9.17, 15) is 0 Å². The van der Waals surface area contributed by atoms with E-state index in [0.29, 0.717) is 0 Å². The number of para-hydroxylation sites is 1. The maximum absolute atomic E-state index is 5.85. The Kier molecular flexibility index (Phi) is 3.72. The minimum absolute atomic E-state index is 0.00489. The second-order valence-corrected chi connectivity index (χ2v) is 3.32. The van der Waals surface area contributed by atoms with E-state index in [1.165, 1.54) is 0 Å². The molecule has 0 spiro atoms. The van der Waals surface area contributed by atoms with E-state index in [0.717, 1.165) is 23.3 Å². The molecule has 14 heavy (non-hydrogen) atoms. The third kappa shape index (κ3) is 2.15. The van der Waals surface area contributed by atoms with Crippen molar-refractivity contribution in [2.75, 3.05) is 7.11 Å². The van der Waals surface area contributed by atoms with Gasteiger partial charge in [-0.25, -0.2) is 0 Å². The summed E-state index contributed by atoms with van der Waals surface area (Å²) in [5, 5.41) is 0. The Labute approximate surface area is 85.4 Å². The van der Waals surface area contributed by atoms with Gasteiger partial charge in [-0.15, -0.1) is 6.58 Å². The number of nitrogens with two attached hydrogens (primary N) is 1. The first-order valence-corrected chi connectivity index (χ1v) is 4.73. The first-order valence-electron chi connectivity index (χ1n) is 4.73. The van der Waals surface area contributed by atoms with Crippen LogP contribution in [0.15, 0.2) is 30.9 Å². The van der Waals surface area contributed by atoms with Crippen LogP contribution in [0.4, 0.5) is 0 Å². The molecule has 0 bridgehead atoms. The van der Waals surface area contributed by atoms with E-state index in [1.54, 1.807) is 7.11 Å². The van der Waals surface area contributed by atoms with Crippen LogP contribution >= 0.6 is 0 Å². The summed E-state index contributed by atoms with van der Waals surface area (Å²) in [6.45, 7) is 5.67. The Balaban J connectivity index is 3.17. The van der Waals surface area contributed by atoms with E-state index >= 15 is 0 Å². The molecule has 2 heteroatoms. The highest BCUT2D eigenvalue weighted by Crippen LogP contribution is 2.28. The Hall–Kier alpha value is -1.28. The Morgan fingerprint density at radius 2 is 2.29 bits per heavy atom. The number of methoxy groups -OCH3 is 1. The highest BCUT2D eigenvalue weighted by Gasteiger charge is 2.10. The predicted octanol–water partition coefficient (Wildman–Crippen LogP) is 2.44. The predicted molar refractivity (Wildman–Crippen MR) is 59.5 cm³/mol. The van der Waals surface area contributed by atoms with Gasteiger partial charge in [0.1, 0.15) is 5.75 Å². The smallest absolute Gasteiger partial charge is 0.127 e. The molecule has 0 aliphatic carbocycles. The van der Waals surface area contributed by atoms with Gasteiger partial charge < -0.3 is 10.5 Å². The quantitative estimate of drug-likeness (QED) is 0.742. The van der Waals surface area contributed by atoms with E-state index in [1.807, 2.05) is 31.2 Å². The summed E-state index contributed by atoms with van der Waals surface area (Å²) in [5.41, 5.74) is 8.03. The van der Waals surface area contributed by atoms with Gasteiger partial charge in [0.25, 0.3) is 0 Å². The molecule has 1 rings (SSSR count). The molecule has 0 saturated carbocycles. The molecule has 2 N–H and O–H groups in total. The van der Waals surface area contributed by atoms with Crippen molar-refractivity contribution >= 4 is 0 Å². The second kappa shape index (κ2) is 4.82. The third-order valence-electron chi connectivity index (χ3n) is 2.19. The molecule has 0 saturated heterocycles. The van der Waals surface area contributed by atoms with Gasteiger partial charge in [-0.1, -0.05) is 24.3 Å². The number of rotatable bonds is 4. The zero-order valence-electron chi connectivity index (χ0n) is 8.79. The SMILES string of the molecule is C=CCc1cccc(C(C)N)c1OC. The van der Waals surface area contributed by atoms with Crippen LogP contribution in [-0.2, 0) is 6.42 Å². The third-order valence-corrected chi connectivity index (χ3v) is 2.19. The number of allylic oxidation sites excluding steroid dienone is 1. The first kappa shape index (κ1) is 10.8. The topological polar surface area (TPSA) is 35.2 Å². The zero-order valence-corrected chi connectivity index (χ0v) is 8.79. The minimum atomic E-state index is -0.00489. The molecule has 1 aromatic rings. The maximum Gasteiger partial charge on any atom is 0.127 e. The van der Waals surface area contributed by atoms with Crippen LogP contribution < -0.4 is 10.5 Å². The van der Waals surface area contributed by atoms with Crippen LogP contribution in [0.5, 0.6) is 5.75 Å². The molecular weight excluding hydrogens is 174 g/mol. The molecule has 0 aliphatic rings. The van der Waals surface area contributed by atoms with Crippen molar-refractivity contribution in [3.8, 4) is 5.75 Å². The lowest BCUT2D eigenvalue weighted by atomic mass is 10.0. The van der Waals surface area contributed by atoms with Crippen LogP contribution in [-0.4, -0.2) is 7.11 Å². The number of hydrogen-bond acceptors (Lipinski definition) is 2. The van der Waals surface area contributed by atoms with Crippen molar-refractivity contribution in [1.82, 2.24) is 0 Å². The van der Waals surface area contributed by atoms with Crippen molar-refractivity contribution in [2.45, 2.75) is 19.4 Å². The van der Waals surface area contributed by atoms with Crippen molar-refractivity contribution in [1.29, 1.82) is 0 Å². The molecule has 1 aromatic carbocycles. The summed E-state index contributed by atoms with van der Waals surface area (Å²) in [6, 6.07) is 6.03. The Bertz CT molecular complexity index is 318. The van der Waals surface area contributed by atoms with E-state index in [4.69, 9.17) is 10.5 Å². The van der Waals surface area contributed by atoms with Crippen molar-refractivity contribution in [3.63, 3.8) is 0 Å². The van der Waals surface area contributed by atoms with Gasteiger partial charge in [-0.05, 0) is 18.9 Å². The van der Waals surface area contributed by atoms with Gasteiger partial charge in [0.05, 0.1) is 7.11 Å². The summed E-state index contributed by atoms with van der Waals surface area (Å²) in [7, 11) is 1.67. The summed E-state index contributed by atoms with van der Waals surface area (Å²) in [6.07, 6.45) is 2.67. The highest BCUT2D eigenvalue weighted by atomic mass is 16.5. The van der Waals surface area contributed by atoms with Crippen LogP contribution in [0.25, 0.3) is 0 Å². The molecule has 1 atom stereocenters. The fraction of sp³-hybridized carbons (Fsp3) is 0.333. The van der Waals surface area contributed by atoms with E-state index < -0.39 is 0 Å². The molecule has 2 nitrogen and oxygen atoms in total. The van der Waals surface area contributed by atoms with Crippen molar-refractivity contribution in [3.05, 3.63) is 42.0 Å². The summed E-state index contributed by atoms with van der Waals surface area (Å²) in [4.78, 5) is 0. The average molecular weight is 191 g/mol. The Morgan fingerprint density at radius 3 is 2.79 bits per heavy atom. The Morgan fingerprint density at radius 1 is 1.57 bits per heavy atom. The molecular formula is C12H17NO. The van der Waals surface area contributed by atoms with Gasteiger partial charge in [-0.2, -0.15) is 0 Å². The van der Waals surface area contributed by atoms with E-state index in [-0.39, 0.29) is 6.04 Å². The zero-order chi connectivity index (χ0) is 10.6. The molecule has 0 heterocycles. The molecule has 0 amide bonds. The van der Waals surface area contributed by atoms with E-state index in [2.05, 4.69) is 6.58 Å². The molecule has 0 fully saturated rings. The minimum Gasteiger partial charge on any atom is -0.496 e. The molecule has 0 aliphatic heterocycles. The fourth-order valence-electron chi connectivity index (χ4n) is 1.53. The summed E-state index contributed by atoms with van der Waals surface area (Å²) >= 11 is 0. The summed E-state index contributed by atoms with van der Waals surface area (Å²) < 4.78 is 5.36. The molecule has 76 valence electrons. The second-order valence-electron chi connectivity index (χ2n) is 3.32. The highest BCUT2D eigenvalue weighted by molar-refractivity contribution is 5.43. The molecule has 0 aromatic heterocycles. The monoisotopic (exact) mass is 191 g/mol. The van der Waals surface area contributed by atoms with Crippen LogP contribution in [0.2, 0.25) is 0 Å². The summed E-state index contributed by atoms with van der Waals surface area (Å²) in [5.74, 6) is 0.891. The largest absolute Gasteiger partial charge is 0.496 e. The number of ether oxygens (including phenoxy) is 1. The van der Waals surface area contributed by atoms with Gasteiger partial charge >= 0.3 is 0 Å². The lowest BCUT2D eigenvalue weighted by Crippen LogP contribution is -2.08. The average Bonchev–Trinajstić information content (AvgIpc) is 2.18. The standard InChI is InChI=1S/C12H17NO/c1-4-6-10-7-5-8-11(9(2)13)12(10)14-3/h4-5,7-9H,1,6,13H2,2-3H3. The van der Waals surface area contributed by atoms with Crippen molar-refractivity contribution < 1.29 is 4.74 Å². The van der Waals surface area contributed by atoms with Gasteiger partial charge in [0.2, 0.25) is 0 Å². The number of benzene rings is 1. The van der Waals surface area contributed by atoms with Crippen LogP contribution in [0, 0.1) is 0 Å². The lowest BCUT2D eigenvalue weighted by Gasteiger charge is -2.14. The maximum atomic E-state index is 5.85. The van der Waals surface area contributed by atoms with Gasteiger partial charge in [0, 0.05) is 11.6 Å². The lowest BCUT2D eigenvalue weighted by molar-refractivity contribution is 0.403. The fourth-order valence-corrected chi connectivity index (χ4v) is 1.53. The van der Waals surface area contributed by atoms with Crippen LogP contribution in [0.3, 0.4) is 0 Å². The molecule has 0 radical (unpaired) electrons. The normalized spacial score (nSPS) is 12.2. The van der Waals surface area contributed by atoms with Gasteiger partial charge in [0.15, 0.2) is 0 Å². The number of hydrogen-bond donors (Lipinski definition) is 1. The van der Waals surface area contributed by atoms with Crippen molar-refractivity contribution in [2.24, 2.45) is 5.73 Å².